The number of halogens is 3. The Balaban J connectivity index is 1.43. The zero-order valence-corrected chi connectivity index (χ0v) is 21.4. The lowest BCUT2D eigenvalue weighted by atomic mass is 9.91. The number of nitrogens with two attached hydrogens (primary N) is 1. The van der Waals surface area contributed by atoms with E-state index < -0.39 is 23.7 Å². The minimum Gasteiger partial charge on any atom is -0.465 e. The number of alkyl halides is 3. The van der Waals surface area contributed by atoms with Gasteiger partial charge in [-0.25, -0.2) is 19.7 Å². The second-order valence-electron chi connectivity index (χ2n) is 9.58. The summed E-state index contributed by atoms with van der Waals surface area (Å²) in [5, 5.41) is 12.1. The molecule has 4 aromatic rings. The molecule has 10 nitrogen and oxygen atoms in total. The van der Waals surface area contributed by atoms with Gasteiger partial charge in [-0.1, -0.05) is 19.1 Å². The Hall–Kier alpha value is -4.68. The fraction of sp³-hybridized carbons (Fsp3) is 0.296. The van der Waals surface area contributed by atoms with Crippen molar-refractivity contribution < 1.29 is 27.9 Å². The number of rotatable bonds is 5. The molecule has 3 aromatic heterocycles. The first kappa shape index (κ1) is 26.9. The van der Waals surface area contributed by atoms with Gasteiger partial charge in [0.05, 0.1) is 5.56 Å². The monoisotopic (exact) mass is 553 g/mol. The molecule has 1 aromatic carbocycles. The molecule has 4 N–H and O–H groups in total. The highest BCUT2D eigenvalue weighted by atomic mass is 19.4. The van der Waals surface area contributed by atoms with Gasteiger partial charge in [0.25, 0.3) is 5.91 Å². The summed E-state index contributed by atoms with van der Waals surface area (Å²) in [6, 6.07) is 7.90. The zero-order valence-electron chi connectivity index (χ0n) is 21.4. The molecule has 0 aliphatic carbocycles. The van der Waals surface area contributed by atoms with Gasteiger partial charge >= 0.3 is 12.3 Å². The maximum absolute atomic E-state index is 13.0. The van der Waals surface area contributed by atoms with Crippen molar-refractivity contribution in [1.29, 1.82) is 0 Å². The molecule has 2 unspecified atom stereocenters. The Morgan fingerprint density at radius 1 is 1.12 bits per heavy atom. The highest BCUT2D eigenvalue weighted by Crippen LogP contribution is 2.36. The molecule has 1 aliphatic heterocycles. The van der Waals surface area contributed by atoms with Crippen molar-refractivity contribution in [2.24, 2.45) is 0 Å². The van der Waals surface area contributed by atoms with Crippen LogP contribution in [0.15, 0.2) is 55.0 Å². The molecule has 40 heavy (non-hydrogen) atoms. The van der Waals surface area contributed by atoms with Crippen molar-refractivity contribution in [2.75, 3.05) is 17.6 Å². The molecular weight excluding hydrogens is 527 g/mol. The standard InChI is InChI=1S/C27H26F3N7O3/c1-2-19-8-7-17(14-37(19)26(39)40)24-35-21(22-23(31)33-11-12-36(22)24)15-3-5-16(6-4-15)25(38)34-20-13-18(9-10-32-20)27(28,29)30/h3-6,9-13,17,19H,2,7-8,14H2,1H3,(H2,31,33)(H,39,40)(H,32,34,38). The van der Waals surface area contributed by atoms with Gasteiger partial charge < -0.3 is 21.1 Å². The summed E-state index contributed by atoms with van der Waals surface area (Å²) < 4.78 is 40.8. The number of amides is 2. The summed E-state index contributed by atoms with van der Waals surface area (Å²) in [7, 11) is 0. The van der Waals surface area contributed by atoms with Crippen LogP contribution in [0.4, 0.5) is 29.6 Å². The molecule has 13 heteroatoms. The third-order valence-electron chi connectivity index (χ3n) is 7.15. The van der Waals surface area contributed by atoms with Crippen LogP contribution in [0.25, 0.3) is 16.8 Å². The van der Waals surface area contributed by atoms with Crippen LogP contribution in [0, 0.1) is 0 Å². The average Bonchev–Trinajstić information content (AvgIpc) is 3.33. The Morgan fingerprint density at radius 2 is 1.88 bits per heavy atom. The summed E-state index contributed by atoms with van der Waals surface area (Å²) >= 11 is 0. The van der Waals surface area contributed by atoms with Crippen molar-refractivity contribution in [2.45, 2.75) is 44.3 Å². The first-order valence-corrected chi connectivity index (χ1v) is 12.6. The molecule has 5 rings (SSSR count). The molecule has 0 saturated carbocycles. The van der Waals surface area contributed by atoms with Gasteiger partial charge in [-0.3, -0.25) is 9.20 Å². The molecule has 1 saturated heterocycles. The molecule has 0 radical (unpaired) electrons. The van der Waals surface area contributed by atoms with E-state index in [-0.39, 0.29) is 29.2 Å². The summed E-state index contributed by atoms with van der Waals surface area (Å²) in [6.45, 7) is 2.27. The van der Waals surface area contributed by atoms with E-state index in [9.17, 15) is 27.9 Å². The lowest BCUT2D eigenvalue weighted by Crippen LogP contribution is -2.45. The summed E-state index contributed by atoms with van der Waals surface area (Å²) in [4.78, 5) is 38.9. The molecule has 2 atom stereocenters. The number of carbonyl (C=O) groups excluding carboxylic acids is 1. The number of likely N-dealkylation sites (tertiary alicyclic amines) is 1. The number of nitrogens with zero attached hydrogens (tertiary/aromatic N) is 5. The van der Waals surface area contributed by atoms with Gasteiger partial charge in [0.2, 0.25) is 0 Å². The maximum atomic E-state index is 13.0. The van der Waals surface area contributed by atoms with Crippen molar-refractivity contribution in [1.82, 2.24) is 24.3 Å². The minimum atomic E-state index is -4.56. The van der Waals surface area contributed by atoms with E-state index in [2.05, 4.69) is 15.3 Å². The van der Waals surface area contributed by atoms with Crippen LogP contribution in [0.3, 0.4) is 0 Å². The quantitative estimate of drug-likeness (QED) is 0.306. The van der Waals surface area contributed by atoms with Crippen molar-refractivity contribution in [3.05, 3.63) is 71.9 Å². The van der Waals surface area contributed by atoms with Crippen LogP contribution >= 0.6 is 0 Å². The second-order valence-corrected chi connectivity index (χ2v) is 9.58. The van der Waals surface area contributed by atoms with E-state index in [1.807, 2.05) is 11.3 Å². The predicted molar refractivity (Wildman–Crippen MR) is 141 cm³/mol. The number of piperidine rings is 1. The van der Waals surface area contributed by atoms with Gasteiger partial charge in [-0.15, -0.1) is 0 Å². The van der Waals surface area contributed by atoms with E-state index >= 15 is 0 Å². The number of nitrogens with one attached hydrogen (secondary N) is 1. The van der Waals surface area contributed by atoms with Crippen LogP contribution in [-0.2, 0) is 6.18 Å². The summed E-state index contributed by atoms with van der Waals surface area (Å²) in [5.41, 5.74) is 7.23. The molecule has 1 aliphatic rings. The van der Waals surface area contributed by atoms with E-state index in [0.29, 0.717) is 35.6 Å². The molecule has 208 valence electrons. The zero-order chi connectivity index (χ0) is 28.6. The van der Waals surface area contributed by atoms with Gasteiger partial charge in [0.1, 0.15) is 28.7 Å². The normalized spacial score (nSPS) is 17.6. The van der Waals surface area contributed by atoms with Crippen LogP contribution < -0.4 is 11.1 Å². The number of benzene rings is 1. The van der Waals surface area contributed by atoms with E-state index in [4.69, 9.17) is 10.7 Å². The fourth-order valence-corrected chi connectivity index (χ4v) is 5.12. The SMILES string of the molecule is CCC1CCC(c2nc(-c3ccc(C(=O)Nc4cc(C(F)(F)F)ccn4)cc3)c3c(N)nccn23)CN1C(=O)O. The molecule has 1 fully saturated rings. The number of hydrogen-bond donors (Lipinski definition) is 3. The van der Waals surface area contributed by atoms with Gasteiger partial charge in [-0.2, -0.15) is 13.2 Å². The lowest BCUT2D eigenvalue weighted by Gasteiger charge is -2.37. The average molecular weight is 554 g/mol. The third kappa shape index (κ3) is 5.14. The molecular formula is C27H26F3N7O3. The lowest BCUT2D eigenvalue weighted by molar-refractivity contribution is -0.137. The molecule has 0 spiro atoms. The summed E-state index contributed by atoms with van der Waals surface area (Å²) in [5.74, 6) is -0.104. The van der Waals surface area contributed by atoms with Crippen LogP contribution in [-0.4, -0.2) is 53.9 Å². The number of hydrogen-bond acceptors (Lipinski definition) is 6. The highest BCUT2D eigenvalue weighted by Gasteiger charge is 2.34. The van der Waals surface area contributed by atoms with E-state index in [0.717, 1.165) is 31.2 Å². The van der Waals surface area contributed by atoms with Crippen molar-refractivity contribution >= 4 is 29.2 Å². The van der Waals surface area contributed by atoms with Crippen LogP contribution in [0.2, 0.25) is 0 Å². The van der Waals surface area contributed by atoms with E-state index in [1.165, 1.54) is 17.0 Å². The first-order valence-electron chi connectivity index (χ1n) is 12.6. The van der Waals surface area contributed by atoms with Crippen molar-refractivity contribution in [3.63, 3.8) is 0 Å². The Labute approximate surface area is 226 Å². The largest absolute Gasteiger partial charge is 0.465 e. The fourth-order valence-electron chi connectivity index (χ4n) is 5.12. The first-order chi connectivity index (χ1) is 19.1. The Kier molecular flexibility index (Phi) is 7.04. The Morgan fingerprint density at radius 3 is 2.55 bits per heavy atom. The number of aromatic nitrogens is 4. The number of carboxylic acid groups (broad SMARTS) is 1. The number of imidazole rings is 1. The van der Waals surface area contributed by atoms with Gasteiger partial charge in [0, 0.05) is 48.2 Å². The highest BCUT2D eigenvalue weighted by molar-refractivity contribution is 6.04. The number of anilines is 2. The van der Waals surface area contributed by atoms with Gasteiger partial charge in [0.15, 0.2) is 0 Å². The number of pyridine rings is 1. The Bertz CT molecular complexity index is 1570. The molecule has 2 amide bonds. The smallest absolute Gasteiger partial charge is 0.416 e. The maximum Gasteiger partial charge on any atom is 0.416 e. The van der Waals surface area contributed by atoms with Crippen LogP contribution in [0.1, 0.15) is 53.8 Å². The van der Waals surface area contributed by atoms with E-state index in [1.54, 1.807) is 24.5 Å². The second kappa shape index (κ2) is 10.5. The number of nitrogen functional groups attached to an aromatic ring is 1. The topological polar surface area (TPSA) is 139 Å². The third-order valence-corrected chi connectivity index (χ3v) is 7.15. The van der Waals surface area contributed by atoms with Gasteiger partial charge in [-0.05, 0) is 43.5 Å². The number of fused-ring (bicyclic) bond motifs is 1. The molecule has 0 bridgehead atoms. The minimum absolute atomic E-state index is 0.0454. The predicted octanol–water partition coefficient (Wildman–Crippen LogP) is 5.28. The summed E-state index contributed by atoms with van der Waals surface area (Å²) in [6.07, 6.45) is 0.937. The number of carbonyl (C=O) groups is 2. The van der Waals surface area contributed by atoms with Crippen LogP contribution in [0.5, 0.6) is 0 Å². The van der Waals surface area contributed by atoms with Crippen molar-refractivity contribution in [3.8, 4) is 11.3 Å². The molecule has 4 heterocycles.